The number of fused-ring (bicyclic) bond motifs is 1. The van der Waals surface area contributed by atoms with Crippen molar-refractivity contribution in [1.29, 1.82) is 0 Å². The maximum absolute atomic E-state index is 13.5. The lowest BCUT2D eigenvalue weighted by Gasteiger charge is -2.38. The first-order valence-corrected chi connectivity index (χ1v) is 15.0. The number of nitrogens with zero attached hydrogens (tertiary/aromatic N) is 4. The summed E-state index contributed by atoms with van der Waals surface area (Å²) in [5.74, 6) is 0. The number of rotatable bonds is 6. The summed E-state index contributed by atoms with van der Waals surface area (Å²) in [6, 6.07) is 9.11. The van der Waals surface area contributed by atoms with Crippen LogP contribution in [0.5, 0.6) is 0 Å². The molecule has 0 fully saturated rings. The highest BCUT2D eigenvalue weighted by molar-refractivity contribution is 6.74. The van der Waals surface area contributed by atoms with Gasteiger partial charge in [0.15, 0.2) is 8.32 Å². The number of hydrogen-bond acceptors (Lipinski definition) is 4. The minimum absolute atomic E-state index is 0.0547. The zero-order valence-corrected chi connectivity index (χ0v) is 23.0. The molecule has 6 nitrogen and oxygen atoms in total. The highest BCUT2D eigenvalue weighted by atomic mass is 35.5. The Hall–Kier alpha value is -1.90. The van der Waals surface area contributed by atoms with E-state index in [1.54, 1.807) is 10.8 Å². The second kappa shape index (κ2) is 9.28. The SMILES string of the molecule is CC(C)(C)[Si](C)(C)OCC(c1cccc(Cl)c1)N1Cc2cc(-c3nc(Cl)ncc3Cl)cn2C1=O. The van der Waals surface area contributed by atoms with Crippen LogP contribution in [0.1, 0.15) is 38.1 Å². The zero-order chi connectivity index (χ0) is 24.8. The molecule has 4 rings (SSSR count). The van der Waals surface area contributed by atoms with Gasteiger partial charge in [0.1, 0.15) is 0 Å². The molecule has 1 aliphatic heterocycles. The molecular weight excluding hydrogens is 511 g/mol. The molecule has 0 aliphatic carbocycles. The van der Waals surface area contributed by atoms with Crippen LogP contribution < -0.4 is 0 Å². The van der Waals surface area contributed by atoms with Gasteiger partial charge in [-0.3, -0.25) is 4.57 Å². The maximum atomic E-state index is 13.5. The van der Waals surface area contributed by atoms with Gasteiger partial charge in [0, 0.05) is 22.5 Å². The van der Waals surface area contributed by atoms with Gasteiger partial charge in [-0.05, 0) is 53.5 Å². The highest BCUT2D eigenvalue weighted by Gasteiger charge is 2.40. The first-order valence-electron chi connectivity index (χ1n) is 11.0. The summed E-state index contributed by atoms with van der Waals surface area (Å²) in [6.07, 6.45) is 3.20. The van der Waals surface area contributed by atoms with Crippen molar-refractivity contribution in [2.75, 3.05) is 6.61 Å². The van der Waals surface area contributed by atoms with Crippen molar-refractivity contribution in [3.05, 3.63) is 69.3 Å². The fourth-order valence-corrected chi connectivity index (χ4v) is 5.23. The van der Waals surface area contributed by atoms with E-state index in [0.29, 0.717) is 34.5 Å². The topological polar surface area (TPSA) is 60.2 Å². The molecule has 1 amide bonds. The van der Waals surface area contributed by atoms with E-state index in [9.17, 15) is 4.79 Å². The predicted octanol–water partition coefficient (Wildman–Crippen LogP) is 7.45. The van der Waals surface area contributed by atoms with Gasteiger partial charge in [-0.25, -0.2) is 14.8 Å². The predicted molar refractivity (Wildman–Crippen MR) is 139 cm³/mol. The number of aromatic nitrogens is 3. The fraction of sp³-hybridized carbons (Fsp3) is 0.375. The number of carbonyl (C=O) groups is 1. The van der Waals surface area contributed by atoms with Gasteiger partial charge in [-0.15, -0.1) is 0 Å². The Morgan fingerprint density at radius 1 is 1.18 bits per heavy atom. The lowest BCUT2D eigenvalue weighted by atomic mass is 10.1. The highest BCUT2D eigenvalue weighted by Crippen LogP contribution is 2.39. The molecule has 180 valence electrons. The number of halogens is 3. The van der Waals surface area contributed by atoms with Gasteiger partial charge < -0.3 is 9.33 Å². The molecule has 0 radical (unpaired) electrons. The van der Waals surface area contributed by atoms with E-state index in [0.717, 1.165) is 11.3 Å². The minimum atomic E-state index is -2.03. The van der Waals surface area contributed by atoms with E-state index >= 15 is 0 Å². The lowest BCUT2D eigenvalue weighted by Crippen LogP contribution is -2.44. The van der Waals surface area contributed by atoms with Crippen molar-refractivity contribution >= 4 is 49.2 Å². The molecule has 0 saturated carbocycles. The number of amides is 1. The molecule has 10 heteroatoms. The summed E-state index contributed by atoms with van der Waals surface area (Å²) in [6.45, 7) is 11.8. The van der Waals surface area contributed by atoms with Gasteiger partial charge in [-0.1, -0.05) is 56.1 Å². The van der Waals surface area contributed by atoms with Crippen LogP contribution in [0.15, 0.2) is 42.7 Å². The van der Waals surface area contributed by atoms with Crippen LogP contribution in [-0.2, 0) is 11.0 Å². The Morgan fingerprint density at radius 2 is 1.91 bits per heavy atom. The van der Waals surface area contributed by atoms with E-state index in [2.05, 4.69) is 43.8 Å². The van der Waals surface area contributed by atoms with Crippen molar-refractivity contribution in [3.8, 4) is 11.3 Å². The molecule has 1 unspecified atom stereocenters. The fourth-order valence-electron chi connectivity index (χ4n) is 3.69. The second-order valence-electron chi connectivity index (χ2n) is 9.98. The molecular formula is C24H27Cl3N4O2Si. The van der Waals surface area contributed by atoms with Crippen molar-refractivity contribution in [2.24, 2.45) is 0 Å². The Morgan fingerprint density at radius 3 is 2.56 bits per heavy atom. The summed E-state index contributed by atoms with van der Waals surface area (Å²) >= 11 is 18.5. The Labute approximate surface area is 215 Å². The summed E-state index contributed by atoms with van der Waals surface area (Å²) in [7, 11) is -2.03. The van der Waals surface area contributed by atoms with E-state index in [1.807, 2.05) is 35.2 Å². The van der Waals surface area contributed by atoms with E-state index in [-0.39, 0.29) is 22.4 Å². The van der Waals surface area contributed by atoms with Crippen molar-refractivity contribution < 1.29 is 9.22 Å². The van der Waals surface area contributed by atoms with Gasteiger partial charge in [0.2, 0.25) is 5.28 Å². The van der Waals surface area contributed by atoms with Gasteiger partial charge in [-0.2, -0.15) is 0 Å². The standard InChI is InChI=1S/C24H27Cl3N4O2Si/c1-24(2,3)34(4,5)33-14-20(15-7-6-8-17(25)9-15)31-13-18-10-16(12-30(18)23(31)32)21-19(26)11-28-22(27)29-21/h6-12,20H,13-14H2,1-5H3. The molecule has 0 spiro atoms. The molecule has 0 saturated heterocycles. The maximum Gasteiger partial charge on any atom is 0.329 e. The van der Waals surface area contributed by atoms with Crippen LogP contribution in [0, 0.1) is 0 Å². The van der Waals surface area contributed by atoms with Crippen molar-refractivity contribution in [1.82, 2.24) is 19.4 Å². The van der Waals surface area contributed by atoms with E-state index < -0.39 is 8.32 Å². The molecule has 3 aromatic rings. The number of hydrogen-bond donors (Lipinski definition) is 0. The van der Waals surface area contributed by atoms with Crippen LogP contribution in [0.2, 0.25) is 33.5 Å². The summed E-state index contributed by atoms with van der Waals surface area (Å²) in [5, 5.41) is 1.15. The van der Waals surface area contributed by atoms with Crippen LogP contribution in [0.4, 0.5) is 4.79 Å². The third-order valence-electron chi connectivity index (χ3n) is 6.69. The summed E-state index contributed by atoms with van der Waals surface area (Å²) in [5.41, 5.74) is 2.99. The van der Waals surface area contributed by atoms with Gasteiger partial charge in [0.05, 0.1) is 36.1 Å². The van der Waals surface area contributed by atoms with E-state index in [4.69, 9.17) is 39.2 Å². The third kappa shape index (κ3) is 4.90. The molecule has 0 N–H and O–H groups in total. The minimum Gasteiger partial charge on any atom is -0.414 e. The van der Waals surface area contributed by atoms with Crippen LogP contribution in [0.3, 0.4) is 0 Å². The largest absolute Gasteiger partial charge is 0.414 e. The lowest BCUT2D eigenvalue weighted by molar-refractivity contribution is 0.144. The smallest absolute Gasteiger partial charge is 0.329 e. The molecule has 34 heavy (non-hydrogen) atoms. The van der Waals surface area contributed by atoms with Crippen molar-refractivity contribution in [2.45, 2.75) is 51.5 Å². The number of carbonyl (C=O) groups excluding carboxylic acids is 1. The average molecular weight is 538 g/mol. The molecule has 1 aliphatic rings. The molecule has 3 heterocycles. The van der Waals surface area contributed by atoms with Gasteiger partial charge in [0.25, 0.3) is 0 Å². The molecule has 0 bridgehead atoms. The second-order valence-corrected chi connectivity index (χ2v) is 16.0. The van der Waals surface area contributed by atoms with Crippen LogP contribution in [-0.4, -0.2) is 40.4 Å². The molecule has 1 aromatic carbocycles. The summed E-state index contributed by atoms with van der Waals surface area (Å²) < 4.78 is 8.18. The first-order chi connectivity index (χ1) is 15.9. The van der Waals surface area contributed by atoms with Crippen LogP contribution >= 0.6 is 34.8 Å². The Bertz CT molecular complexity index is 1240. The molecule has 2 aromatic heterocycles. The number of benzene rings is 1. The van der Waals surface area contributed by atoms with Gasteiger partial charge >= 0.3 is 6.03 Å². The van der Waals surface area contributed by atoms with E-state index in [1.165, 1.54) is 6.20 Å². The van der Waals surface area contributed by atoms with Crippen LogP contribution in [0.25, 0.3) is 11.3 Å². The quantitative estimate of drug-likeness (QED) is 0.242. The monoisotopic (exact) mass is 536 g/mol. The normalized spacial score (nSPS) is 15.1. The van der Waals surface area contributed by atoms with Crippen molar-refractivity contribution in [3.63, 3.8) is 0 Å². The zero-order valence-electron chi connectivity index (χ0n) is 19.8. The third-order valence-corrected chi connectivity index (χ3v) is 11.9. The average Bonchev–Trinajstić information content (AvgIpc) is 3.29. The summed E-state index contributed by atoms with van der Waals surface area (Å²) in [4.78, 5) is 23.5. The first kappa shape index (κ1) is 25.2. The Balaban J connectivity index is 1.64. The molecule has 1 atom stereocenters. The Kier molecular flexibility index (Phi) is 6.88.